The first-order chi connectivity index (χ1) is 10.9. The predicted octanol–water partition coefficient (Wildman–Crippen LogP) is 0.612. The summed E-state index contributed by atoms with van der Waals surface area (Å²) in [7, 11) is -3.27. The first-order valence-corrected chi connectivity index (χ1v) is 9.48. The molecule has 2 heterocycles. The van der Waals surface area contributed by atoms with Crippen LogP contribution in [0.3, 0.4) is 0 Å². The van der Waals surface area contributed by atoms with Crippen molar-refractivity contribution in [1.29, 1.82) is 0 Å². The molecule has 0 radical (unpaired) electrons. The molecular formula is C15H20N2O5S. The summed E-state index contributed by atoms with van der Waals surface area (Å²) in [4.78, 5) is 14.3. The average molecular weight is 340 g/mol. The van der Waals surface area contributed by atoms with Gasteiger partial charge in [0.1, 0.15) is 13.2 Å². The number of amides is 1. The summed E-state index contributed by atoms with van der Waals surface area (Å²) >= 11 is 0. The fourth-order valence-corrected chi connectivity index (χ4v) is 3.72. The number of ether oxygens (including phenoxy) is 2. The van der Waals surface area contributed by atoms with E-state index in [1.807, 2.05) is 0 Å². The van der Waals surface area contributed by atoms with Crippen molar-refractivity contribution in [3.8, 4) is 11.5 Å². The third-order valence-electron chi connectivity index (χ3n) is 3.88. The fraction of sp³-hybridized carbons (Fsp3) is 0.533. The monoisotopic (exact) mass is 340 g/mol. The van der Waals surface area contributed by atoms with Gasteiger partial charge in [0, 0.05) is 24.7 Å². The highest BCUT2D eigenvalue weighted by Crippen LogP contribution is 2.31. The lowest BCUT2D eigenvalue weighted by Crippen LogP contribution is -2.49. The molecule has 3 rings (SSSR count). The molecule has 0 saturated carbocycles. The normalized spacial score (nSPS) is 21.1. The molecule has 0 bridgehead atoms. The van der Waals surface area contributed by atoms with Crippen LogP contribution in [0.5, 0.6) is 11.5 Å². The summed E-state index contributed by atoms with van der Waals surface area (Å²) in [5, 5.41) is 0. The zero-order chi connectivity index (χ0) is 16.4. The molecule has 1 fully saturated rings. The number of sulfonamides is 1. The van der Waals surface area contributed by atoms with E-state index in [0.717, 1.165) is 19.1 Å². The lowest BCUT2D eigenvalue weighted by Gasteiger charge is -2.33. The summed E-state index contributed by atoms with van der Waals surface area (Å²) in [6.45, 7) is 1.97. The Bertz CT molecular complexity index is 704. The van der Waals surface area contributed by atoms with Crippen LogP contribution in [-0.2, 0) is 10.0 Å². The van der Waals surface area contributed by atoms with E-state index in [2.05, 4.69) is 4.72 Å². The highest BCUT2D eigenvalue weighted by atomic mass is 32.2. The van der Waals surface area contributed by atoms with Gasteiger partial charge >= 0.3 is 0 Å². The molecule has 0 unspecified atom stereocenters. The predicted molar refractivity (Wildman–Crippen MR) is 84.3 cm³/mol. The Morgan fingerprint density at radius 2 is 2.00 bits per heavy atom. The van der Waals surface area contributed by atoms with E-state index in [9.17, 15) is 13.2 Å². The summed E-state index contributed by atoms with van der Waals surface area (Å²) in [6, 6.07) is 4.89. The molecule has 1 aromatic rings. The van der Waals surface area contributed by atoms with Crippen molar-refractivity contribution in [2.45, 2.75) is 18.9 Å². The van der Waals surface area contributed by atoms with E-state index >= 15 is 0 Å². The number of nitrogens with one attached hydrogen (secondary N) is 1. The van der Waals surface area contributed by atoms with Gasteiger partial charge in [-0.05, 0) is 31.0 Å². The van der Waals surface area contributed by atoms with Gasteiger partial charge in [-0.3, -0.25) is 4.79 Å². The number of carbonyl (C=O) groups excluding carboxylic acids is 1. The first kappa shape index (κ1) is 16.1. The number of hydrogen-bond donors (Lipinski definition) is 1. The molecule has 1 N–H and O–H groups in total. The third kappa shape index (κ3) is 3.94. The Kier molecular flexibility index (Phi) is 4.45. The van der Waals surface area contributed by atoms with Gasteiger partial charge < -0.3 is 14.4 Å². The maximum absolute atomic E-state index is 12.6. The second-order valence-corrected chi connectivity index (χ2v) is 7.62. The van der Waals surface area contributed by atoms with Crippen LogP contribution in [0.15, 0.2) is 18.2 Å². The molecule has 23 heavy (non-hydrogen) atoms. The molecule has 1 amide bonds. The molecule has 2 aliphatic heterocycles. The number of fused-ring (bicyclic) bond motifs is 1. The molecule has 1 saturated heterocycles. The quantitative estimate of drug-likeness (QED) is 0.871. The topological polar surface area (TPSA) is 84.9 Å². The van der Waals surface area contributed by atoms with Gasteiger partial charge in [-0.1, -0.05) is 0 Å². The van der Waals surface area contributed by atoms with Crippen LogP contribution in [0.2, 0.25) is 0 Å². The van der Waals surface area contributed by atoms with Crippen molar-refractivity contribution in [3.63, 3.8) is 0 Å². The van der Waals surface area contributed by atoms with Gasteiger partial charge in [-0.15, -0.1) is 0 Å². The second-order valence-electron chi connectivity index (χ2n) is 5.84. The van der Waals surface area contributed by atoms with Gasteiger partial charge in [0.25, 0.3) is 5.91 Å². The number of carbonyl (C=O) groups is 1. The van der Waals surface area contributed by atoms with Crippen LogP contribution in [0, 0.1) is 0 Å². The Morgan fingerprint density at radius 3 is 2.74 bits per heavy atom. The highest BCUT2D eigenvalue weighted by Gasteiger charge is 2.27. The van der Waals surface area contributed by atoms with E-state index in [4.69, 9.17) is 9.47 Å². The van der Waals surface area contributed by atoms with Crippen LogP contribution in [0.4, 0.5) is 0 Å². The smallest absolute Gasteiger partial charge is 0.254 e. The Labute approximate surface area is 135 Å². The van der Waals surface area contributed by atoms with Gasteiger partial charge in [0.05, 0.1) is 6.26 Å². The van der Waals surface area contributed by atoms with Crippen molar-refractivity contribution in [2.75, 3.05) is 32.6 Å². The van der Waals surface area contributed by atoms with E-state index in [1.54, 1.807) is 23.1 Å². The van der Waals surface area contributed by atoms with Crippen molar-refractivity contribution in [1.82, 2.24) is 9.62 Å². The number of piperidine rings is 1. The van der Waals surface area contributed by atoms with E-state index in [1.165, 1.54) is 0 Å². The molecule has 2 aliphatic rings. The van der Waals surface area contributed by atoms with Crippen molar-refractivity contribution in [2.24, 2.45) is 0 Å². The largest absolute Gasteiger partial charge is 0.486 e. The zero-order valence-electron chi connectivity index (χ0n) is 12.9. The first-order valence-electron chi connectivity index (χ1n) is 7.58. The molecule has 1 atom stereocenters. The number of benzene rings is 1. The number of rotatable bonds is 3. The van der Waals surface area contributed by atoms with Crippen molar-refractivity contribution >= 4 is 15.9 Å². The van der Waals surface area contributed by atoms with Gasteiger partial charge in [-0.2, -0.15) is 0 Å². The number of likely N-dealkylation sites (tertiary alicyclic amines) is 1. The van der Waals surface area contributed by atoms with Crippen LogP contribution in [0.1, 0.15) is 23.2 Å². The van der Waals surface area contributed by atoms with Crippen molar-refractivity contribution in [3.05, 3.63) is 23.8 Å². The van der Waals surface area contributed by atoms with Crippen LogP contribution in [-0.4, -0.2) is 57.8 Å². The van der Waals surface area contributed by atoms with Crippen LogP contribution in [0.25, 0.3) is 0 Å². The van der Waals surface area contributed by atoms with Gasteiger partial charge in [0.15, 0.2) is 11.5 Å². The second kappa shape index (κ2) is 6.37. The van der Waals surface area contributed by atoms with E-state index in [0.29, 0.717) is 43.4 Å². The minimum absolute atomic E-state index is 0.123. The number of nitrogens with zero attached hydrogens (tertiary/aromatic N) is 1. The lowest BCUT2D eigenvalue weighted by molar-refractivity contribution is 0.0702. The molecular weight excluding hydrogens is 320 g/mol. The Hall–Kier alpha value is -1.80. The zero-order valence-corrected chi connectivity index (χ0v) is 13.8. The maximum Gasteiger partial charge on any atom is 0.254 e. The molecule has 8 heteroatoms. The Morgan fingerprint density at radius 1 is 1.26 bits per heavy atom. The molecule has 0 spiro atoms. The molecule has 0 aliphatic carbocycles. The minimum atomic E-state index is -3.27. The van der Waals surface area contributed by atoms with Crippen LogP contribution >= 0.6 is 0 Å². The summed E-state index contributed by atoms with van der Waals surface area (Å²) in [6.07, 6.45) is 2.63. The molecule has 0 aromatic heterocycles. The average Bonchev–Trinajstić information content (AvgIpc) is 2.52. The Balaban J connectivity index is 1.72. The molecule has 7 nitrogen and oxygen atoms in total. The minimum Gasteiger partial charge on any atom is -0.486 e. The standard InChI is InChI=1S/C15H20N2O5S/c1-23(19,20)16-12-3-2-6-17(10-12)15(18)11-4-5-13-14(9-11)22-8-7-21-13/h4-5,9,12,16H,2-3,6-8,10H2,1H3/t12-/m1/s1. The summed E-state index contributed by atoms with van der Waals surface area (Å²) < 4.78 is 36.3. The maximum atomic E-state index is 12.6. The summed E-state index contributed by atoms with van der Waals surface area (Å²) in [5.74, 6) is 1.09. The lowest BCUT2D eigenvalue weighted by atomic mass is 10.0. The van der Waals surface area contributed by atoms with E-state index < -0.39 is 10.0 Å². The molecule has 1 aromatic carbocycles. The van der Waals surface area contributed by atoms with Crippen molar-refractivity contribution < 1.29 is 22.7 Å². The summed E-state index contributed by atoms with van der Waals surface area (Å²) in [5.41, 5.74) is 0.522. The third-order valence-corrected chi connectivity index (χ3v) is 4.64. The van der Waals surface area contributed by atoms with E-state index in [-0.39, 0.29) is 11.9 Å². The molecule has 126 valence electrons. The highest BCUT2D eigenvalue weighted by molar-refractivity contribution is 7.88. The SMILES string of the molecule is CS(=O)(=O)N[C@@H]1CCCN(C(=O)c2ccc3c(c2)OCCO3)C1. The van der Waals surface area contributed by atoms with Crippen LogP contribution < -0.4 is 14.2 Å². The number of hydrogen-bond acceptors (Lipinski definition) is 5. The fourth-order valence-electron chi connectivity index (χ4n) is 2.92. The van der Waals surface area contributed by atoms with Gasteiger partial charge in [0.2, 0.25) is 10.0 Å². The van der Waals surface area contributed by atoms with Gasteiger partial charge in [-0.25, -0.2) is 13.1 Å².